The van der Waals surface area contributed by atoms with Gasteiger partial charge in [0, 0.05) is 21.2 Å². The van der Waals surface area contributed by atoms with Gasteiger partial charge in [-0.3, -0.25) is 0 Å². The van der Waals surface area contributed by atoms with E-state index in [1.807, 2.05) is 12.1 Å². The zero-order chi connectivity index (χ0) is 26.6. The maximum absolute atomic E-state index is 6.25. The van der Waals surface area contributed by atoms with Gasteiger partial charge in [0.15, 0.2) is 0 Å². The van der Waals surface area contributed by atoms with Crippen LogP contribution in [0, 0.1) is 0 Å². The van der Waals surface area contributed by atoms with Crippen molar-refractivity contribution in [2.75, 3.05) is 26.4 Å². The van der Waals surface area contributed by atoms with E-state index in [1.165, 1.54) is 12.7 Å². The Labute approximate surface area is 238 Å². The van der Waals surface area contributed by atoms with E-state index in [1.54, 1.807) is 46.3 Å². The van der Waals surface area contributed by atoms with Crippen molar-refractivity contribution in [2.45, 2.75) is 24.7 Å². The molecule has 2 saturated heterocycles. The molecule has 38 heavy (non-hydrogen) atoms. The molecule has 0 aliphatic carbocycles. The molecule has 2 aromatic heterocycles. The molecule has 10 nitrogen and oxygen atoms in total. The standard InChI is InChI=1S/2C12H11Cl2N3O2/c2*13-9-1-2-10(11(14)5-9)12(18-3-4-19-12)6-17-8-15-7-16-17/h2*1-2,5,7-8H,3-4,6H2. The van der Waals surface area contributed by atoms with Crippen LogP contribution in [0.5, 0.6) is 0 Å². The quantitative estimate of drug-likeness (QED) is 0.306. The van der Waals surface area contributed by atoms with Gasteiger partial charge in [-0.05, 0) is 24.3 Å². The lowest BCUT2D eigenvalue weighted by Crippen LogP contribution is -2.33. The summed E-state index contributed by atoms with van der Waals surface area (Å²) in [5.74, 6) is -1.87. The average Bonchev–Trinajstić information content (AvgIpc) is 3.70. The zero-order valence-electron chi connectivity index (χ0n) is 19.8. The van der Waals surface area contributed by atoms with E-state index in [2.05, 4.69) is 20.2 Å². The van der Waals surface area contributed by atoms with Crippen molar-refractivity contribution in [3.8, 4) is 0 Å². The summed E-state index contributed by atoms with van der Waals surface area (Å²) in [6, 6.07) is 10.5. The first-order valence-electron chi connectivity index (χ1n) is 11.5. The summed E-state index contributed by atoms with van der Waals surface area (Å²) in [5.41, 5.74) is 1.48. The summed E-state index contributed by atoms with van der Waals surface area (Å²) in [6.45, 7) is 2.80. The second kappa shape index (κ2) is 11.8. The van der Waals surface area contributed by atoms with Crippen LogP contribution in [-0.2, 0) is 43.6 Å². The Balaban J connectivity index is 0.000000155. The number of benzene rings is 2. The van der Waals surface area contributed by atoms with E-state index in [0.29, 0.717) is 59.6 Å². The van der Waals surface area contributed by atoms with Gasteiger partial charge in [-0.15, -0.1) is 0 Å². The van der Waals surface area contributed by atoms with Crippen LogP contribution in [0.2, 0.25) is 20.1 Å². The van der Waals surface area contributed by atoms with Crippen LogP contribution in [0.15, 0.2) is 61.7 Å². The van der Waals surface area contributed by atoms with E-state index in [9.17, 15) is 0 Å². The summed E-state index contributed by atoms with van der Waals surface area (Å²) in [7, 11) is 0. The fourth-order valence-corrected chi connectivity index (χ4v) is 5.33. The van der Waals surface area contributed by atoms with Gasteiger partial charge in [0.25, 0.3) is 0 Å². The topological polar surface area (TPSA) is 98.3 Å². The van der Waals surface area contributed by atoms with Gasteiger partial charge in [0.05, 0.1) is 36.5 Å². The Kier molecular flexibility index (Phi) is 8.51. The van der Waals surface area contributed by atoms with Gasteiger partial charge in [-0.2, -0.15) is 10.2 Å². The van der Waals surface area contributed by atoms with Gasteiger partial charge >= 0.3 is 0 Å². The van der Waals surface area contributed by atoms with E-state index < -0.39 is 11.6 Å². The SMILES string of the molecule is Clc1ccc(C2(Cn3cncn3)OCCO2)c(Cl)c1.Clc1ccc(C2(Cn3cncn3)OCCO2)c(Cl)c1. The molecule has 2 fully saturated rings. The molecular formula is C24H22Cl4N6O4. The summed E-state index contributed by atoms with van der Waals surface area (Å²) in [5, 5.41) is 10.3. The van der Waals surface area contributed by atoms with Crippen molar-refractivity contribution >= 4 is 46.4 Å². The van der Waals surface area contributed by atoms with Crippen LogP contribution in [0.4, 0.5) is 0 Å². The molecule has 0 atom stereocenters. The predicted molar refractivity (Wildman–Crippen MR) is 140 cm³/mol. The van der Waals surface area contributed by atoms with Crippen LogP contribution in [0.1, 0.15) is 11.1 Å². The summed E-state index contributed by atoms with van der Waals surface area (Å²) >= 11 is 24.3. The molecule has 0 unspecified atom stereocenters. The zero-order valence-corrected chi connectivity index (χ0v) is 22.9. The van der Waals surface area contributed by atoms with Gasteiger partial charge < -0.3 is 18.9 Å². The molecule has 6 rings (SSSR count). The summed E-state index contributed by atoms with van der Waals surface area (Å²) in [4.78, 5) is 7.82. The highest BCUT2D eigenvalue weighted by Gasteiger charge is 2.42. The number of nitrogens with zero attached hydrogens (tertiary/aromatic N) is 6. The molecule has 4 aromatic rings. The Bertz CT molecular complexity index is 1240. The first kappa shape index (κ1) is 27.3. The van der Waals surface area contributed by atoms with E-state index in [4.69, 9.17) is 65.4 Å². The minimum absolute atomic E-state index is 0.383. The monoisotopic (exact) mass is 598 g/mol. The molecule has 0 bridgehead atoms. The highest BCUT2D eigenvalue weighted by atomic mass is 35.5. The highest BCUT2D eigenvalue weighted by molar-refractivity contribution is 6.35. The molecule has 0 spiro atoms. The molecule has 4 heterocycles. The number of hydrogen-bond donors (Lipinski definition) is 0. The van der Waals surface area contributed by atoms with Crippen LogP contribution >= 0.6 is 46.4 Å². The van der Waals surface area contributed by atoms with Gasteiger partial charge in [0.1, 0.15) is 38.4 Å². The predicted octanol–water partition coefficient (Wildman–Crippen LogP) is 4.97. The second-order valence-electron chi connectivity index (χ2n) is 8.33. The van der Waals surface area contributed by atoms with Crippen LogP contribution < -0.4 is 0 Å². The van der Waals surface area contributed by atoms with Gasteiger partial charge in [-0.1, -0.05) is 58.5 Å². The Morgan fingerprint density at radius 3 is 1.34 bits per heavy atom. The van der Waals surface area contributed by atoms with E-state index >= 15 is 0 Å². The van der Waals surface area contributed by atoms with Crippen molar-refractivity contribution in [3.05, 3.63) is 92.9 Å². The average molecular weight is 600 g/mol. The molecule has 0 radical (unpaired) electrons. The molecule has 2 aromatic carbocycles. The first-order valence-corrected chi connectivity index (χ1v) is 13.0. The number of hydrogen-bond acceptors (Lipinski definition) is 8. The van der Waals surface area contributed by atoms with Crippen molar-refractivity contribution in [1.29, 1.82) is 0 Å². The molecule has 2 aliphatic heterocycles. The molecule has 0 N–H and O–H groups in total. The Morgan fingerprint density at radius 2 is 1.03 bits per heavy atom. The van der Waals surface area contributed by atoms with Crippen molar-refractivity contribution in [2.24, 2.45) is 0 Å². The summed E-state index contributed by atoms with van der Waals surface area (Å²) < 4.78 is 26.4. The van der Waals surface area contributed by atoms with Gasteiger partial charge in [0.2, 0.25) is 11.6 Å². The number of halogens is 4. The number of aromatic nitrogens is 6. The fourth-order valence-electron chi connectivity index (χ4n) is 4.23. The highest BCUT2D eigenvalue weighted by Crippen LogP contribution is 2.39. The second-order valence-corrected chi connectivity index (χ2v) is 10.0. The lowest BCUT2D eigenvalue weighted by Gasteiger charge is -2.28. The molecule has 200 valence electrons. The minimum Gasteiger partial charge on any atom is -0.342 e. The third kappa shape index (κ3) is 5.98. The lowest BCUT2D eigenvalue weighted by molar-refractivity contribution is -0.178. The van der Waals surface area contributed by atoms with Gasteiger partial charge in [-0.25, -0.2) is 19.3 Å². The molecular weight excluding hydrogens is 578 g/mol. The molecule has 14 heteroatoms. The van der Waals surface area contributed by atoms with E-state index in [-0.39, 0.29) is 0 Å². The number of ether oxygens (including phenoxy) is 4. The third-order valence-electron chi connectivity index (χ3n) is 5.86. The van der Waals surface area contributed by atoms with E-state index in [0.717, 1.165) is 11.1 Å². The number of rotatable bonds is 6. The lowest BCUT2D eigenvalue weighted by atomic mass is 10.1. The Hall–Kier alpha value is -2.28. The third-order valence-corrected chi connectivity index (χ3v) is 6.96. The van der Waals surface area contributed by atoms with Crippen LogP contribution in [0.25, 0.3) is 0 Å². The summed E-state index contributed by atoms with van der Waals surface area (Å²) in [6.07, 6.45) is 6.14. The molecule has 0 amide bonds. The van der Waals surface area contributed by atoms with Crippen molar-refractivity contribution in [1.82, 2.24) is 29.5 Å². The van der Waals surface area contributed by atoms with Crippen LogP contribution in [-0.4, -0.2) is 56.0 Å². The maximum atomic E-state index is 6.25. The van der Waals surface area contributed by atoms with Crippen LogP contribution in [0.3, 0.4) is 0 Å². The van der Waals surface area contributed by atoms with Crippen molar-refractivity contribution in [3.63, 3.8) is 0 Å². The smallest absolute Gasteiger partial charge is 0.216 e. The largest absolute Gasteiger partial charge is 0.342 e. The normalized spacial score (nSPS) is 17.8. The molecule has 2 aliphatic rings. The minimum atomic E-state index is -0.935. The first-order chi connectivity index (χ1) is 18.4. The maximum Gasteiger partial charge on any atom is 0.216 e. The fraction of sp³-hybridized carbons (Fsp3) is 0.333. The Morgan fingerprint density at radius 1 is 0.632 bits per heavy atom. The molecule has 0 saturated carbocycles. The van der Waals surface area contributed by atoms with Crippen molar-refractivity contribution < 1.29 is 18.9 Å².